The molecule has 0 saturated carbocycles. The first-order chi connectivity index (χ1) is 9.72. The van der Waals surface area contributed by atoms with Crippen LogP contribution >= 0.6 is 23.1 Å². The lowest BCUT2D eigenvalue weighted by atomic mass is 10.2. The Labute approximate surface area is 124 Å². The number of rotatable bonds is 5. The fourth-order valence-electron chi connectivity index (χ4n) is 1.34. The highest BCUT2D eigenvalue weighted by molar-refractivity contribution is 7.10. The second-order valence-electron chi connectivity index (χ2n) is 3.56. The molecule has 1 aromatic heterocycles. The number of hydrazone groups is 1. The number of benzene rings is 1. The van der Waals surface area contributed by atoms with Gasteiger partial charge in [-0.25, -0.2) is 4.79 Å². The van der Waals surface area contributed by atoms with Crippen LogP contribution in [0.1, 0.15) is 23.0 Å². The Bertz CT molecular complexity index is 629. The molecule has 0 radical (unpaired) electrons. The Kier molecular flexibility index (Phi) is 5.03. The molecule has 0 saturated heterocycles. The van der Waals surface area contributed by atoms with Gasteiger partial charge < -0.3 is 4.74 Å². The van der Waals surface area contributed by atoms with E-state index in [4.69, 9.17) is 16.3 Å². The van der Waals surface area contributed by atoms with Crippen LogP contribution in [0.4, 0.5) is 5.00 Å². The number of nitrogens with one attached hydrogen (secondary N) is 1. The minimum absolute atomic E-state index is 0.119. The standard InChI is InChI=1S/C12H11ClN4O2S/c1-2-19-12(18)10-11(20-17-15-10)16-14-7-8-5-3-4-6-9(8)13/h3-7,16H,2H2,1H3/b14-7+. The lowest BCUT2D eigenvalue weighted by Gasteiger charge is -2.00. The molecule has 0 spiro atoms. The van der Waals surface area contributed by atoms with Crippen molar-refractivity contribution in [2.75, 3.05) is 12.0 Å². The zero-order valence-corrected chi connectivity index (χ0v) is 12.1. The topological polar surface area (TPSA) is 76.5 Å². The lowest BCUT2D eigenvalue weighted by molar-refractivity contribution is 0.0520. The number of halogens is 1. The number of hydrogen-bond acceptors (Lipinski definition) is 7. The third-order valence-electron chi connectivity index (χ3n) is 2.23. The van der Waals surface area contributed by atoms with Crippen molar-refractivity contribution in [2.45, 2.75) is 6.92 Å². The molecule has 0 aliphatic carbocycles. The van der Waals surface area contributed by atoms with E-state index in [1.807, 2.05) is 18.2 Å². The molecule has 20 heavy (non-hydrogen) atoms. The maximum Gasteiger partial charge on any atom is 0.362 e. The molecule has 0 aliphatic rings. The Morgan fingerprint density at radius 3 is 3.10 bits per heavy atom. The molecular weight excluding hydrogens is 300 g/mol. The van der Waals surface area contributed by atoms with Crippen molar-refractivity contribution in [3.63, 3.8) is 0 Å². The van der Waals surface area contributed by atoms with Crippen LogP contribution in [0.25, 0.3) is 0 Å². The van der Waals surface area contributed by atoms with Crippen molar-refractivity contribution in [3.05, 3.63) is 40.5 Å². The summed E-state index contributed by atoms with van der Waals surface area (Å²) in [6.45, 7) is 2.00. The van der Waals surface area contributed by atoms with Crippen LogP contribution in [0.15, 0.2) is 29.4 Å². The second-order valence-corrected chi connectivity index (χ2v) is 4.72. The Morgan fingerprint density at radius 2 is 2.35 bits per heavy atom. The van der Waals surface area contributed by atoms with Gasteiger partial charge in [0.05, 0.1) is 12.8 Å². The van der Waals surface area contributed by atoms with Gasteiger partial charge >= 0.3 is 5.97 Å². The van der Waals surface area contributed by atoms with Crippen molar-refractivity contribution in [2.24, 2.45) is 5.10 Å². The van der Waals surface area contributed by atoms with Gasteiger partial charge in [-0.2, -0.15) is 5.10 Å². The number of carbonyl (C=O) groups is 1. The third-order valence-corrected chi connectivity index (χ3v) is 3.21. The fraction of sp³-hybridized carbons (Fsp3) is 0.167. The number of ether oxygens (including phenoxy) is 1. The van der Waals surface area contributed by atoms with Crippen LogP contribution in [0, 0.1) is 0 Å². The monoisotopic (exact) mass is 310 g/mol. The first-order valence-electron chi connectivity index (χ1n) is 5.75. The van der Waals surface area contributed by atoms with Crippen LogP contribution in [-0.2, 0) is 4.74 Å². The highest BCUT2D eigenvalue weighted by Gasteiger charge is 2.17. The predicted octanol–water partition coefficient (Wildman–Crippen LogP) is 2.81. The van der Waals surface area contributed by atoms with Gasteiger partial charge in [0.2, 0.25) is 5.69 Å². The molecule has 0 atom stereocenters. The van der Waals surface area contributed by atoms with Crippen LogP contribution in [-0.4, -0.2) is 28.4 Å². The first-order valence-corrected chi connectivity index (χ1v) is 6.90. The van der Waals surface area contributed by atoms with Crippen LogP contribution < -0.4 is 5.43 Å². The summed E-state index contributed by atoms with van der Waals surface area (Å²) in [5.74, 6) is -0.531. The molecule has 0 bridgehead atoms. The van der Waals surface area contributed by atoms with E-state index < -0.39 is 5.97 Å². The van der Waals surface area contributed by atoms with Gasteiger partial charge in [-0.15, -0.1) is 5.10 Å². The fourth-order valence-corrected chi connectivity index (χ4v) is 2.03. The Balaban J connectivity index is 2.07. The van der Waals surface area contributed by atoms with Crippen LogP contribution in [0.3, 0.4) is 0 Å². The molecule has 6 nitrogen and oxygen atoms in total. The summed E-state index contributed by atoms with van der Waals surface area (Å²) in [4.78, 5) is 11.6. The zero-order chi connectivity index (χ0) is 14.4. The molecule has 0 aliphatic heterocycles. The summed E-state index contributed by atoms with van der Waals surface area (Å²) in [6.07, 6.45) is 1.55. The smallest absolute Gasteiger partial charge is 0.362 e. The van der Waals surface area contributed by atoms with Gasteiger partial charge in [0.15, 0.2) is 5.00 Å². The van der Waals surface area contributed by atoms with Gasteiger partial charge in [0, 0.05) is 22.1 Å². The maximum atomic E-state index is 11.6. The number of hydrogen-bond donors (Lipinski definition) is 1. The third kappa shape index (κ3) is 3.52. The van der Waals surface area contributed by atoms with E-state index in [0.29, 0.717) is 10.0 Å². The zero-order valence-electron chi connectivity index (χ0n) is 10.5. The van der Waals surface area contributed by atoms with Crippen molar-refractivity contribution >= 4 is 40.3 Å². The molecule has 1 aromatic carbocycles. The molecule has 2 aromatic rings. The lowest BCUT2D eigenvalue weighted by Crippen LogP contribution is -2.07. The SMILES string of the molecule is CCOC(=O)c1nnsc1N/N=C/c1ccccc1Cl. The van der Waals surface area contributed by atoms with Gasteiger partial charge in [0.1, 0.15) is 0 Å². The van der Waals surface area contributed by atoms with E-state index in [2.05, 4.69) is 20.1 Å². The maximum absolute atomic E-state index is 11.6. The summed E-state index contributed by atoms with van der Waals surface area (Å²) in [7, 11) is 0. The molecular formula is C12H11ClN4O2S. The second kappa shape index (κ2) is 6.97. The molecule has 0 amide bonds. The van der Waals surface area contributed by atoms with Gasteiger partial charge in [-0.1, -0.05) is 34.3 Å². The number of anilines is 1. The Hall–Kier alpha value is -1.99. The number of nitrogens with zero attached hydrogens (tertiary/aromatic N) is 3. The van der Waals surface area contributed by atoms with E-state index in [9.17, 15) is 4.79 Å². The summed E-state index contributed by atoms with van der Waals surface area (Å²) in [6, 6.07) is 7.27. The number of carbonyl (C=O) groups excluding carboxylic acids is 1. The van der Waals surface area contributed by atoms with Gasteiger partial charge in [-0.3, -0.25) is 5.43 Å². The van der Waals surface area contributed by atoms with E-state index >= 15 is 0 Å². The van der Waals surface area contributed by atoms with Gasteiger partial charge in [-0.05, 0) is 13.0 Å². The van der Waals surface area contributed by atoms with Crippen LogP contribution in [0.5, 0.6) is 0 Å². The molecule has 104 valence electrons. The van der Waals surface area contributed by atoms with Crippen molar-refractivity contribution < 1.29 is 9.53 Å². The summed E-state index contributed by atoms with van der Waals surface area (Å²) in [5.41, 5.74) is 3.59. The van der Waals surface area contributed by atoms with E-state index in [-0.39, 0.29) is 12.3 Å². The van der Waals surface area contributed by atoms with Crippen LogP contribution in [0.2, 0.25) is 5.02 Å². The predicted molar refractivity (Wildman–Crippen MR) is 78.5 cm³/mol. The minimum Gasteiger partial charge on any atom is -0.461 e. The van der Waals surface area contributed by atoms with E-state index in [1.54, 1.807) is 19.2 Å². The summed E-state index contributed by atoms with van der Waals surface area (Å²) >= 11 is 7.02. The quantitative estimate of drug-likeness (QED) is 0.522. The van der Waals surface area contributed by atoms with E-state index in [0.717, 1.165) is 17.1 Å². The average molecular weight is 311 g/mol. The molecule has 2 rings (SSSR count). The van der Waals surface area contributed by atoms with Crippen molar-refractivity contribution in [1.82, 2.24) is 9.59 Å². The summed E-state index contributed by atoms with van der Waals surface area (Å²) in [5, 5.41) is 8.73. The minimum atomic E-state index is -0.531. The average Bonchev–Trinajstić information content (AvgIpc) is 2.90. The first kappa shape index (κ1) is 14.4. The van der Waals surface area contributed by atoms with Gasteiger partial charge in [0.25, 0.3) is 0 Å². The van der Waals surface area contributed by atoms with E-state index in [1.165, 1.54) is 0 Å². The highest BCUT2D eigenvalue weighted by Crippen LogP contribution is 2.19. The normalized spacial score (nSPS) is 10.7. The van der Waals surface area contributed by atoms with Crippen molar-refractivity contribution in [3.8, 4) is 0 Å². The number of aromatic nitrogens is 2. The molecule has 1 N–H and O–H groups in total. The number of esters is 1. The molecule has 8 heteroatoms. The molecule has 1 heterocycles. The summed E-state index contributed by atoms with van der Waals surface area (Å²) < 4.78 is 8.56. The molecule has 0 unspecified atom stereocenters. The van der Waals surface area contributed by atoms with Crippen molar-refractivity contribution in [1.29, 1.82) is 0 Å². The molecule has 0 fully saturated rings. The highest BCUT2D eigenvalue weighted by atomic mass is 35.5. The largest absolute Gasteiger partial charge is 0.461 e. The Morgan fingerprint density at radius 1 is 1.55 bits per heavy atom.